The molecule has 0 bridgehead atoms. The molecule has 11 nitrogen and oxygen atoms in total. The Kier molecular flexibility index (Phi) is 17.8. The maximum absolute atomic E-state index is 13.7. The number of rotatable bonds is 11. The van der Waals surface area contributed by atoms with Crippen LogP contribution in [0.1, 0.15) is 96.9 Å². The van der Waals surface area contributed by atoms with Crippen LogP contribution in [0.15, 0.2) is 97.1 Å². The highest BCUT2D eigenvalue weighted by Gasteiger charge is 2.56. The Hall–Kier alpha value is -5.34. The van der Waals surface area contributed by atoms with Gasteiger partial charge in [0, 0.05) is 59.2 Å². The predicted molar refractivity (Wildman–Crippen MR) is 269 cm³/mol. The Morgan fingerprint density at radius 2 is 1.19 bits per heavy atom. The second kappa shape index (κ2) is 23.5. The van der Waals surface area contributed by atoms with E-state index in [1.165, 1.54) is 48.7 Å². The lowest BCUT2D eigenvalue weighted by Gasteiger charge is -2.43. The average Bonchev–Trinajstić information content (AvgIpc) is 4.15. The highest BCUT2D eigenvalue weighted by Crippen LogP contribution is 2.43. The summed E-state index contributed by atoms with van der Waals surface area (Å²) in [5, 5.41) is 28.7. The number of aryl methyl sites for hydroxylation is 2. The van der Waals surface area contributed by atoms with Gasteiger partial charge in [0.05, 0.1) is 6.10 Å². The maximum atomic E-state index is 13.7. The number of halogens is 4. The van der Waals surface area contributed by atoms with Gasteiger partial charge in [0.25, 0.3) is 0 Å². The van der Waals surface area contributed by atoms with Crippen molar-refractivity contribution in [3.63, 3.8) is 0 Å². The van der Waals surface area contributed by atoms with Crippen molar-refractivity contribution in [2.75, 3.05) is 7.11 Å². The molecule has 73 heavy (non-hydrogen) atoms. The van der Waals surface area contributed by atoms with Gasteiger partial charge < -0.3 is 43.7 Å². The lowest BCUT2D eigenvalue weighted by molar-refractivity contribution is -0.226. The molecule has 5 heterocycles. The number of hydrogen-bond acceptors (Lipinski definition) is 13. The van der Waals surface area contributed by atoms with Crippen LogP contribution in [0.5, 0.6) is 0 Å². The van der Waals surface area contributed by atoms with E-state index < -0.39 is 90.0 Å². The normalized spacial score (nSPS) is 24.4. The van der Waals surface area contributed by atoms with Crippen LogP contribution in [0.2, 0.25) is 0 Å². The molecule has 2 unspecified atom stereocenters. The van der Waals surface area contributed by atoms with Gasteiger partial charge in [0.2, 0.25) is 0 Å². The van der Waals surface area contributed by atoms with E-state index in [0.717, 1.165) is 66.6 Å². The van der Waals surface area contributed by atoms with Crippen molar-refractivity contribution in [3.8, 4) is 20.9 Å². The third-order valence-electron chi connectivity index (χ3n) is 13.1. The molecule has 3 aliphatic heterocycles. The Balaban J connectivity index is 0.000000207. The third-order valence-corrected chi connectivity index (χ3v) is 15.4. The molecular weight excluding hydrogens is 989 g/mol. The fourth-order valence-corrected chi connectivity index (χ4v) is 11.2. The molecule has 0 amide bonds. The van der Waals surface area contributed by atoms with Crippen LogP contribution < -0.4 is 0 Å². The van der Waals surface area contributed by atoms with Crippen molar-refractivity contribution in [1.82, 2.24) is 0 Å². The first-order valence-electron chi connectivity index (χ1n) is 23.7. The minimum Gasteiger partial charge on any atom is -0.458 e. The predicted octanol–water partition coefficient (Wildman–Crippen LogP) is 11.0. The minimum atomic E-state index is -1.06. The summed E-state index contributed by atoms with van der Waals surface area (Å²) in [5.41, 5.74) is 6.89. The lowest BCUT2D eigenvalue weighted by atomic mass is 9.85. The van der Waals surface area contributed by atoms with Crippen molar-refractivity contribution in [2.24, 2.45) is 5.92 Å². The summed E-state index contributed by atoms with van der Waals surface area (Å²) in [4.78, 5) is 27.6. The Morgan fingerprint density at radius 3 is 1.71 bits per heavy atom. The van der Waals surface area contributed by atoms with Gasteiger partial charge in [-0.3, -0.25) is 9.59 Å². The van der Waals surface area contributed by atoms with Crippen molar-refractivity contribution < 1.29 is 70.9 Å². The van der Waals surface area contributed by atoms with Crippen LogP contribution in [-0.2, 0) is 50.9 Å². The summed E-state index contributed by atoms with van der Waals surface area (Å²) in [5.74, 6) is -5.42. The Morgan fingerprint density at radius 1 is 0.671 bits per heavy atom. The average molecular weight is 1050 g/mol. The third kappa shape index (κ3) is 13.0. The summed E-state index contributed by atoms with van der Waals surface area (Å²) in [6.07, 6.45) is -5.38. The molecular formula is C56H60F4O11S2. The number of aliphatic hydroxyl groups is 3. The first kappa shape index (κ1) is 55.4. The number of benzene rings is 4. The molecule has 17 heteroatoms. The molecule has 10 atom stereocenters. The van der Waals surface area contributed by atoms with E-state index >= 15 is 0 Å². The van der Waals surface area contributed by atoms with Crippen LogP contribution in [0, 0.1) is 43.0 Å². The number of carbonyl (C=O) groups excluding carboxylic acids is 2. The number of ether oxygens (including phenoxy) is 6. The molecule has 0 aliphatic carbocycles. The summed E-state index contributed by atoms with van der Waals surface area (Å²) in [7, 11) is 1.00. The van der Waals surface area contributed by atoms with E-state index in [2.05, 4.69) is 0 Å². The molecule has 2 aromatic heterocycles. The zero-order valence-electron chi connectivity index (χ0n) is 41.9. The van der Waals surface area contributed by atoms with E-state index in [1.807, 2.05) is 88.4 Å². The SMILES string of the molecule is CC(=O)O[C@H]1[C@H](C)[C@@H](C)OC(c2ccc(C)c(Cc3ccc(-c4ccc(F)c(F)c4)s3)c2)[C@@H]1OC(C)=O.CO.Cc1ccc(C(O)[C@@H]2O[C@H]3OC(C)(C)O[C@H]3[C@@H]2O)cc1Cc1ccc(-c2ccc(F)c(F)c2)s1. The highest BCUT2D eigenvalue weighted by molar-refractivity contribution is 7.15. The molecule has 3 saturated heterocycles. The second-order valence-corrected chi connectivity index (χ2v) is 21.1. The van der Waals surface area contributed by atoms with E-state index in [1.54, 1.807) is 26.0 Å². The molecule has 3 aliphatic rings. The maximum Gasteiger partial charge on any atom is 0.303 e. The quantitative estimate of drug-likeness (QED) is 0.0840. The topological polar surface area (TPSA) is 150 Å². The largest absolute Gasteiger partial charge is 0.458 e. The first-order valence-corrected chi connectivity index (χ1v) is 25.4. The Bertz CT molecular complexity index is 2900. The number of thiophene rings is 2. The molecule has 6 aromatic rings. The summed E-state index contributed by atoms with van der Waals surface area (Å²) in [6, 6.07) is 27.1. The van der Waals surface area contributed by atoms with Gasteiger partial charge >= 0.3 is 11.9 Å². The number of carbonyl (C=O) groups is 2. The molecule has 0 saturated carbocycles. The Labute approximate surface area is 430 Å². The monoisotopic (exact) mass is 1050 g/mol. The van der Waals surface area contributed by atoms with Gasteiger partial charge in [-0.2, -0.15) is 0 Å². The first-order chi connectivity index (χ1) is 34.6. The lowest BCUT2D eigenvalue weighted by Crippen LogP contribution is -2.52. The van der Waals surface area contributed by atoms with Gasteiger partial charge in [0.15, 0.2) is 41.4 Å². The molecule has 9 rings (SSSR count). The molecule has 0 radical (unpaired) electrons. The number of hydrogen-bond donors (Lipinski definition) is 3. The molecule has 390 valence electrons. The van der Waals surface area contributed by atoms with Crippen LogP contribution >= 0.6 is 22.7 Å². The molecule has 3 fully saturated rings. The summed E-state index contributed by atoms with van der Waals surface area (Å²) >= 11 is 3.02. The number of esters is 2. The highest BCUT2D eigenvalue weighted by atomic mass is 32.1. The second-order valence-electron chi connectivity index (χ2n) is 18.8. The van der Waals surface area contributed by atoms with Gasteiger partial charge in [-0.15, -0.1) is 22.7 Å². The minimum absolute atomic E-state index is 0.171. The van der Waals surface area contributed by atoms with Gasteiger partial charge in [-0.25, -0.2) is 17.6 Å². The van der Waals surface area contributed by atoms with Crippen molar-refractivity contribution >= 4 is 34.6 Å². The van der Waals surface area contributed by atoms with Crippen LogP contribution in [0.3, 0.4) is 0 Å². The molecule has 4 aromatic carbocycles. The van der Waals surface area contributed by atoms with E-state index in [-0.39, 0.29) is 12.0 Å². The summed E-state index contributed by atoms with van der Waals surface area (Å²) < 4.78 is 88.7. The zero-order chi connectivity index (χ0) is 53.1. The summed E-state index contributed by atoms with van der Waals surface area (Å²) in [6.45, 7) is 14.0. The number of fused-ring (bicyclic) bond motifs is 1. The van der Waals surface area contributed by atoms with Crippen molar-refractivity contribution in [2.45, 2.75) is 129 Å². The van der Waals surface area contributed by atoms with E-state index in [4.69, 9.17) is 33.5 Å². The fraction of sp³-hybridized carbons (Fsp3) is 0.393. The van der Waals surface area contributed by atoms with Crippen LogP contribution in [0.25, 0.3) is 20.9 Å². The zero-order valence-corrected chi connectivity index (χ0v) is 43.5. The van der Waals surface area contributed by atoms with Crippen LogP contribution in [0.4, 0.5) is 17.6 Å². The van der Waals surface area contributed by atoms with E-state index in [0.29, 0.717) is 29.5 Å². The van der Waals surface area contributed by atoms with Crippen molar-refractivity contribution in [3.05, 3.63) is 163 Å². The van der Waals surface area contributed by atoms with Crippen LogP contribution in [-0.4, -0.2) is 83.1 Å². The van der Waals surface area contributed by atoms with Gasteiger partial charge in [-0.05, 0) is 128 Å². The van der Waals surface area contributed by atoms with Crippen molar-refractivity contribution in [1.29, 1.82) is 0 Å². The molecule has 3 N–H and O–H groups in total. The smallest absolute Gasteiger partial charge is 0.303 e. The fourth-order valence-electron chi connectivity index (χ4n) is 9.15. The number of aliphatic hydroxyl groups excluding tert-OH is 3. The molecule has 0 spiro atoms. The van der Waals surface area contributed by atoms with Gasteiger partial charge in [-0.1, -0.05) is 55.5 Å². The van der Waals surface area contributed by atoms with Gasteiger partial charge in [0.1, 0.15) is 36.6 Å². The standard InChI is InChI=1S/C29H30F2O5S.C26H26F2O5S.CH4O/c1-15-6-7-21(28-29(36-19(5)33)27(35-18(4)32)16(2)17(3)34-28)12-22(15)13-23-9-11-26(37-23)20-8-10-24(30)25(31)14-20;1-13-4-5-15(21(29)23-22(30)24-25(31-23)33-26(2,3)32-24)10-16(13)11-17-7-9-20(34-17)14-6-8-18(27)19(28)12-14;1-2/h6-12,14,16-17,27-29H,13H2,1-5H3;4-10,12,21-25,29-30H,11H2,1-3H3;2H,1H3/t16-,17-,27+,28?,29-;21?,22-,23+,24+,25+;/m11./s1. The van der Waals surface area contributed by atoms with E-state index in [9.17, 15) is 37.4 Å².